The number of aryl methyl sites for hydroxylation is 1. The molecule has 0 saturated heterocycles. The quantitative estimate of drug-likeness (QED) is 0.347. The van der Waals surface area contributed by atoms with E-state index in [9.17, 15) is 4.79 Å². The molecule has 5 nitrogen and oxygen atoms in total. The number of nitrogens with one attached hydrogen (secondary N) is 2. The SMILES string of the molecule is CC[C@@H](C)c1ccc2oc(-c3ccc(NC(=S)NC(=O)c4cccc(C)c4)cc3)nc2c1. The van der Waals surface area contributed by atoms with Gasteiger partial charge in [-0.3, -0.25) is 10.1 Å². The van der Waals surface area contributed by atoms with E-state index in [4.69, 9.17) is 16.6 Å². The highest BCUT2D eigenvalue weighted by molar-refractivity contribution is 7.80. The minimum Gasteiger partial charge on any atom is -0.436 e. The van der Waals surface area contributed by atoms with Crippen LogP contribution >= 0.6 is 12.2 Å². The van der Waals surface area contributed by atoms with Crippen molar-refractivity contribution in [3.63, 3.8) is 0 Å². The van der Waals surface area contributed by atoms with Gasteiger partial charge in [0, 0.05) is 16.8 Å². The molecule has 0 saturated carbocycles. The lowest BCUT2D eigenvalue weighted by molar-refractivity contribution is 0.0977. The Morgan fingerprint density at radius 2 is 1.88 bits per heavy atom. The molecule has 1 heterocycles. The Hall–Kier alpha value is -3.51. The van der Waals surface area contributed by atoms with Gasteiger partial charge in [-0.1, -0.05) is 37.6 Å². The van der Waals surface area contributed by atoms with Crippen LogP contribution in [0.15, 0.2) is 71.1 Å². The molecule has 0 spiro atoms. The van der Waals surface area contributed by atoms with Gasteiger partial charge in [-0.15, -0.1) is 0 Å². The smallest absolute Gasteiger partial charge is 0.257 e. The first kappa shape index (κ1) is 21.7. The molecule has 0 radical (unpaired) electrons. The van der Waals surface area contributed by atoms with E-state index in [1.165, 1.54) is 5.56 Å². The zero-order valence-electron chi connectivity index (χ0n) is 18.3. The number of carbonyl (C=O) groups is 1. The van der Waals surface area contributed by atoms with Crippen molar-refractivity contribution in [2.45, 2.75) is 33.1 Å². The van der Waals surface area contributed by atoms with Gasteiger partial charge in [0.2, 0.25) is 5.89 Å². The van der Waals surface area contributed by atoms with Crippen LogP contribution in [0.1, 0.15) is 47.7 Å². The third-order valence-electron chi connectivity index (χ3n) is 5.49. The number of carbonyl (C=O) groups excluding carboxylic acids is 1. The Morgan fingerprint density at radius 1 is 1.09 bits per heavy atom. The second kappa shape index (κ2) is 9.32. The topological polar surface area (TPSA) is 67.2 Å². The van der Waals surface area contributed by atoms with Gasteiger partial charge in [0.05, 0.1) is 0 Å². The van der Waals surface area contributed by atoms with Crippen LogP contribution in [0.5, 0.6) is 0 Å². The van der Waals surface area contributed by atoms with Crippen LogP contribution in [0.3, 0.4) is 0 Å². The maximum Gasteiger partial charge on any atom is 0.257 e. The number of benzene rings is 3. The average molecular weight is 444 g/mol. The number of fused-ring (bicyclic) bond motifs is 1. The van der Waals surface area contributed by atoms with Crippen LogP contribution in [0.25, 0.3) is 22.6 Å². The molecule has 3 aromatic carbocycles. The maximum atomic E-state index is 12.3. The van der Waals surface area contributed by atoms with Crippen molar-refractivity contribution in [3.05, 3.63) is 83.4 Å². The van der Waals surface area contributed by atoms with Crippen molar-refractivity contribution in [3.8, 4) is 11.5 Å². The molecule has 1 amide bonds. The molecule has 2 N–H and O–H groups in total. The molecule has 0 aliphatic heterocycles. The number of amides is 1. The highest BCUT2D eigenvalue weighted by Gasteiger charge is 2.12. The van der Waals surface area contributed by atoms with Crippen LogP contribution in [0.4, 0.5) is 5.69 Å². The molecule has 0 aliphatic rings. The van der Waals surface area contributed by atoms with Gasteiger partial charge in [-0.25, -0.2) is 4.98 Å². The third-order valence-corrected chi connectivity index (χ3v) is 5.69. The lowest BCUT2D eigenvalue weighted by Gasteiger charge is -2.10. The minimum atomic E-state index is -0.244. The number of hydrogen-bond donors (Lipinski definition) is 2. The highest BCUT2D eigenvalue weighted by atomic mass is 32.1. The average Bonchev–Trinajstić information content (AvgIpc) is 3.22. The Morgan fingerprint density at radius 3 is 2.59 bits per heavy atom. The van der Waals surface area contributed by atoms with E-state index in [0.717, 1.165) is 34.3 Å². The molecule has 0 unspecified atom stereocenters. The molecule has 0 bridgehead atoms. The summed E-state index contributed by atoms with van der Waals surface area (Å²) in [6.45, 7) is 6.33. The summed E-state index contributed by atoms with van der Waals surface area (Å²) in [7, 11) is 0. The van der Waals surface area contributed by atoms with Crippen LogP contribution in [0.2, 0.25) is 0 Å². The fourth-order valence-corrected chi connectivity index (χ4v) is 3.64. The van der Waals surface area contributed by atoms with Gasteiger partial charge >= 0.3 is 0 Å². The highest BCUT2D eigenvalue weighted by Crippen LogP contribution is 2.28. The number of oxazole rings is 1. The second-order valence-electron chi connectivity index (χ2n) is 7.91. The number of aromatic nitrogens is 1. The second-order valence-corrected chi connectivity index (χ2v) is 8.32. The summed E-state index contributed by atoms with van der Waals surface area (Å²) in [6, 6.07) is 21.1. The molecule has 4 rings (SSSR count). The molecule has 0 fully saturated rings. The van der Waals surface area contributed by atoms with E-state index in [-0.39, 0.29) is 11.0 Å². The fraction of sp³-hybridized carbons (Fsp3) is 0.192. The summed E-state index contributed by atoms with van der Waals surface area (Å²) in [5, 5.41) is 5.98. The van der Waals surface area contributed by atoms with Crippen molar-refractivity contribution in [2.75, 3.05) is 5.32 Å². The van der Waals surface area contributed by atoms with E-state index in [1.54, 1.807) is 6.07 Å². The monoisotopic (exact) mass is 443 g/mol. The first-order chi connectivity index (χ1) is 15.4. The van der Waals surface area contributed by atoms with Crippen molar-refractivity contribution in [2.24, 2.45) is 0 Å². The predicted molar refractivity (Wildman–Crippen MR) is 133 cm³/mol. The largest absolute Gasteiger partial charge is 0.436 e. The van der Waals surface area contributed by atoms with Crippen LogP contribution in [-0.2, 0) is 0 Å². The molecular formula is C26H25N3O2S. The summed E-state index contributed by atoms with van der Waals surface area (Å²) in [4.78, 5) is 17.0. The fourth-order valence-electron chi connectivity index (χ4n) is 3.43. The lowest BCUT2D eigenvalue weighted by atomic mass is 9.98. The van der Waals surface area contributed by atoms with Crippen molar-refractivity contribution in [1.29, 1.82) is 0 Å². The molecule has 0 aliphatic carbocycles. The first-order valence-corrected chi connectivity index (χ1v) is 11.0. The van der Waals surface area contributed by atoms with Gasteiger partial charge in [-0.2, -0.15) is 0 Å². The van der Waals surface area contributed by atoms with Crippen LogP contribution in [0, 0.1) is 6.92 Å². The van der Waals surface area contributed by atoms with E-state index >= 15 is 0 Å². The summed E-state index contributed by atoms with van der Waals surface area (Å²) in [5.74, 6) is 0.814. The summed E-state index contributed by atoms with van der Waals surface area (Å²) in [5.41, 5.74) is 6.11. The van der Waals surface area contributed by atoms with Gasteiger partial charge in [0.15, 0.2) is 10.7 Å². The molecule has 32 heavy (non-hydrogen) atoms. The van der Waals surface area contributed by atoms with Gasteiger partial charge in [0.25, 0.3) is 5.91 Å². The van der Waals surface area contributed by atoms with E-state index < -0.39 is 0 Å². The van der Waals surface area contributed by atoms with Crippen LogP contribution in [-0.4, -0.2) is 16.0 Å². The lowest BCUT2D eigenvalue weighted by Crippen LogP contribution is -2.34. The number of nitrogens with zero attached hydrogens (tertiary/aromatic N) is 1. The number of anilines is 1. The number of hydrogen-bond acceptors (Lipinski definition) is 4. The van der Waals surface area contributed by atoms with Crippen LogP contribution < -0.4 is 10.6 Å². The molecule has 6 heteroatoms. The maximum absolute atomic E-state index is 12.3. The normalized spacial score (nSPS) is 11.8. The van der Waals surface area contributed by atoms with Gasteiger partial charge in [-0.05, 0) is 85.6 Å². The zero-order valence-corrected chi connectivity index (χ0v) is 19.1. The number of rotatable bonds is 5. The molecule has 162 valence electrons. The Balaban J connectivity index is 1.43. The van der Waals surface area contributed by atoms with E-state index in [0.29, 0.717) is 17.4 Å². The van der Waals surface area contributed by atoms with E-state index in [2.05, 4.69) is 41.6 Å². The zero-order chi connectivity index (χ0) is 22.7. The van der Waals surface area contributed by atoms with Crippen molar-refractivity contribution < 1.29 is 9.21 Å². The summed E-state index contributed by atoms with van der Waals surface area (Å²) < 4.78 is 5.94. The Kier molecular flexibility index (Phi) is 6.32. The first-order valence-electron chi connectivity index (χ1n) is 10.6. The van der Waals surface area contributed by atoms with Gasteiger partial charge < -0.3 is 9.73 Å². The molecule has 1 atom stereocenters. The van der Waals surface area contributed by atoms with Crippen molar-refractivity contribution in [1.82, 2.24) is 10.3 Å². The summed E-state index contributed by atoms with van der Waals surface area (Å²) in [6.07, 6.45) is 1.08. The Labute approximate surface area is 192 Å². The molecule has 1 aromatic heterocycles. The van der Waals surface area contributed by atoms with E-state index in [1.807, 2.05) is 55.5 Å². The van der Waals surface area contributed by atoms with Crippen molar-refractivity contribution >= 4 is 40.0 Å². The predicted octanol–water partition coefficient (Wildman–Crippen LogP) is 6.44. The Bertz CT molecular complexity index is 1280. The molecule has 4 aromatic rings. The summed E-state index contributed by atoms with van der Waals surface area (Å²) >= 11 is 5.28. The number of thiocarbonyl (C=S) groups is 1. The molecular weight excluding hydrogens is 418 g/mol. The minimum absolute atomic E-state index is 0.240. The third kappa shape index (κ3) is 4.86. The van der Waals surface area contributed by atoms with Gasteiger partial charge in [0.1, 0.15) is 5.52 Å². The standard InChI is InChI=1S/C26H25N3O2S/c1-4-17(3)19-10-13-23-22(15-19)28-25(31-23)18-8-11-21(12-9-18)27-26(32)29-24(30)20-7-5-6-16(2)14-20/h5-15,17H,4H2,1-3H3,(H2,27,29,30,32)/t17-/m1/s1.